The summed E-state index contributed by atoms with van der Waals surface area (Å²) in [5.41, 5.74) is 0.934. The fourth-order valence-electron chi connectivity index (χ4n) is 3.09. The number of methoxy groups -OCH3 is 2. The van der Waals surface area contributed by atoms with Gasteiger partial charge in [-0.15, -0.1) is 11.3 Å². The molecule has 1 amide bonds. The summed E-state index contributed by atoms with van der Waals surface area (Å²) in [7, 11) is 3.20. The third kappa shape index (κ3) is 4.69. The van der Waals surface area contributed by atoms with E-state index in [0.29, 0.717) is 17.9 Å². The lowest BCUT2D eigenvalue weighted by Crippen LogP contribution is -2.48. The number of ether oxygens (including phenoxy) is 2. The van der Waals surface area contributed by atoms with Crippen molar-refractivity contribution in [2.24, 2.45) is 0 Å². The monoisotopic (exact) mass is 394 g/mol. The number of amides is 1. The van der Waals surface area contributed by atoms with Crippen LogP contribution in [0.5, 0.6) is 11.5 Å². The van der Waals surface area contributed by atoms with Crippen molar-refractivity contribution in [1.29, 1.82) is 0 Å². The first-order valence-corrected chi connectivity index (χ1v) is 9.73. The molecule has 0 saturated carbocycles. The van der Waals surface area contributed by atoms with Crippen LogP contribution in [-0.2, 0) is 17.8 Å². The van der Waals surface area contributed by atoms with Crippen molar-refractivity contribution < 1.29 is 14.3 Å². The summed E-state index contributed by atoms with van der Waals surface area (Å²) in [6, 6.07) is 9.63. The van der Waals surface area contributed by atoms with Crippen molar-refractivity contribution in [3.05, 3.63) is 45.1 Å². The van der Waals surface area contributed by atoms with E-state index in [0.717, 1.165) is 42.6 Å². The summed E-state index contributed by atoms with van der Waals surface area (Å²) in [5.74, 6) is 1.47. The molecule has 1 saturated heterocycles. The number of hydrogen-bond donors (Lipinski definition) is 0. The average molecular weight is 395 g/mol. The molecule has 2 heterocycles. The largest absolute Gasteiger partial charge is 0.493 e. The van der Waals surface area contributed by atoms with Gasteiger partial charge in [0, 0.05) is 37.6 Å². The summed E-state index contributed by atoms with van der Waals surface area (Å²) >= 11 is 7.61. The summed E-state index contributed by atoms with van der Waals surface area (Å²) in [5, 5.41) is 0. The van der Waals surface area contributed by atoms with Crippen molar-refractivity contribution in [2.45, 2.75) is 13.0 Å². The second-order valence-electron chi connectivity index (χ2n) is 6.23. The number of benzene rings is 1. The number of rotatable bonds is 6. The Balaban J connectivity index is 1.52. The molecule has 0 atom stereocenters. The Labute approximate surface area is 163 Å². The minimum Gasteiger partial charge on any atom is -0.493 e. The van der Waals surface area contributed by atoms with Gasteiger partial charge in [-0.05, 0) is 29.8 Å². The molecule has 1 aromatic carbocycles. The molecule has 1 aromatic heterocycles. The van der Waals surface area contributed by atoms with Gasteiger partial charge in [-0.3, -0.25) is 9.69 Å². The van der Waals surface area contributed by atoms with Crippen LogP contribution in [0.2, 0.25) is 4.34 Å². The van der Waals surface area contributed by atoms with Gasteiger partial charge in [-0.2, -0.15) is 0 Å². The van der Waals surface area contributed by atoms with Crippen molar-refractivity contribution in [3.63, 3.8) is 0 Å². The van der Waals surface area contributed by atoms with Crippen LogP contribution in [0, 0.1) is 0 Å². The van der Waals surface area contributed by atoms with Gasteiger partial charge in [0.2, 0.25) is 5.91 Å². The molecule has 0 N–H and O–H groups in total. The maximum absolute atomic E-state index is 12.6. The smallest absolute Gasteiger partial charge is 0.227 e. The second kappa shape index (κ2) is 8.75. The number of thiophene rings is 1. The molecule has 1 fully saturated rings. The Kier molecular flexibility index (Phi) is 6.40. The van der Waals surface area contributed by atoms with Crippen molar-refractivity contribution in [1.82, 2.24) is 9.80 Å². The van der Waals surface area contributed by atoms with Gasteiger partial charge in [-0.1, -0.05) is 17.7 Å². The quantitative estimate of drug-likeness (QED) is 0.753. The van der Waals surface area contributed by atoms with E-state index in [1.807, 2.05) is 29.2 Å². The van der Waals surface area contributed by atoms with Gasteiger partial charge in [0.05, 0.1) is 25.0 Å². The number of carbonyl (C=O) groups is 1. The van der Waals surface area contributed by atoms with Gasteiger partial charge in [0.25, 0.3) is 0 Å². The fourth-order valence-corrected chi connectivity index (χ4v) is 4.22. The lowest BCUT2D eigenvalue weighted by molar-refractivity contribution is -0.132. The predicted octanol–water partition coefficient (Wildman–Crippen LogP) is 3.31. The van der Waals surface area contributed by atoms with Crippen LogP contribution in [0.25, 0.3) is 0 Å². The van der Waals surface area contributed by atoms with Gasteiger partial charge in [0.15, 0.2) is 11.5 Å². The molecule has 0 unspecified atom stereocenters. The molecule has 0 bridgehead atoms. The number of nitrogens with zero attached hydrogens (tertiary/aromatic N) is 2. The topological polar surface area (TPSA) is 42.0 Å². The highest BCUT2D eigenvalue weighted by Gasteiger charge is 2.22. The van der Waals surface area contributed by atoms with Crippen LogP contribution >= 0.6 is 22.9 Å². The van der Waals surface area contributed by atoms with Crippen LogP contribution in [0.4, 0.5) is 0 Å². The van der Waals surface area contributed by atoms with E-state index >= 15 is 0 Å². The van der Waals surface area contributed by atoms with Crippen molar-refractivity contribution in [2.75, 3.05) is 40.4 Å². The number of piperazine rings is 1. The lowest BCUT2D eigenvalue weighted by Gasteiger charge is -2.34. The fraction of sp³-hybridized carbons (Fsp3) is 0.421. The van der Waals surface area contributed by atoms with Crippen molar-refractivity contribution >= 4 is 28.8 Å². The molecule has 26 heavy (non-hydrogen) atoms. The first-order chi connectivity index (χ1) is 12.6. The van der Waals surface area contributed by atoms with Gasteiger partial charge >= 0.3 is 0 Å². The molecule has 0 aliphatic carbocycles. The van der Waals surface area contributed by atoms with Crippen molar-refractivity contribution in [3.8, 4) is 11.5 Å². The van der Waals surface area contributed by atoms with Gasteiger partial charge in [-0.25, -0.2) is 0 Å². The van der Waals surface area contributed by atoms with Crippen LogP contribution in [0.3, 0.4) is 0 Å². The van der Waals surface area contributed by atoms with Gasteiger partial charge < -0.3 is 14.4 Å². The predicted molar refractivity (Wildman–Crippen MR) is 104 cm³/mol. The molecule has 7 heteroatoms. The van der Waals surface area contributed by atoms with E-state index in [1.165, 1.54) is 4.88 Å². The highest BCUT2D eigenvalue weighted by Crippen LogP contribution is 2.28. The molecule has 1 aliphatic rings. The zero-order valence-electron chi connectivity index (χ0n) is 15.0. The summed E-state index contributed by atoms with van der Waals surface area (Å²) in [6.07, 6.45) is 0.376. The van der Waals surface area contributed by atoms with Crippen LogP contribution in [0.1, 0.15) is 10.4 Å². The molecule has 0 radical (unpaired) electrons. The van der Waals surface area contributed by atoms with E-state index in [1.54, 1.807) is 25.6 Å². The molecular weight excluding hydrogens is 372 g/mol. The van der Waals surface area contributed by atoms with Crippen LogP contribution in [0.15, 0.2) is 30.3 Å². The number of hydrogen-bond acceptors (Lipinski definition) is 5. The molecule has 2 aromatic rings. The summed E-state index contributed by atoms with van der Waals surface area (Å²) in [4.78, 5) is 18.2. The second-order valence-corrected chi connectivity index (χ2v) is 8.03. The first kappa shape index (κ1) is 19.0. The number of carbonyl (C=O) groups excluding carboxylic acids is 1. The maximum atomic E-state index is 12.6. The average Bonchev–Trinajstić information content (AvgIpc) is 3.06. The third-order valence-corrected chi connectivity index (χ3v) is 5.75. The Bertz CT molecular complexity index is 757. The van der Waals surface area contributed by atoms with E-state index in [2.05, 4.69) is 11.0 Å². The molecule has 0 spiro atoms. The summed E-state index contributed by atoms with van der Waals surface area (Å²) in [6.45, 7) is 4.17. The Morgan fingerprint density at radius 1 is 1.08 bits per heavy atom. The third-order valence-electron chi connectivity index (χ3n) is 4.54. The zero-order valence-corrected chi connectivity index (χ0v) is 16.6. The molecule has 5 nitrogen and oxygen atoms in total. The van der Waals surface area contributed by atoms with Gasteiger partial charge in [0.1, 0.15) is 0 Å². The Hall–Kier alpha value is -1.76. The Morgan fingerprint density at radius 3 is 2.42 bits per heavy atom. The molecule has 3 rings (SSSR count). The minimum absolute atomic E-state index is 0.149. The lowest BCUT2D eigenvalue weighted by atomic mass is 10.1. The van der Waals surface area contributed by atoms with E-state index in [-0.39, 0.29) is 5.91 Å². The molecular formula is C19H23ClN2O3S. The standard InChI is InChI=1S/C19H23ClN2O3S/c1-24-16-5-3-14(11-17(16)25-2)12-19(23)22-9-7-21(8-10-22)13-15-4-6-18(20)26-15/h3-6,11H,7-10,12-13H2,1-2H3. The normalized spacial score (nSPS) is 15.1. The minimum atomic E-state index is 0.149. The maximum Gasteiger partial charge on any atom is 0.227 e. The number of halogens is 1. The highest BCUT2D eigenvalue weighted by atomic mass is 35.5. The first-order valence-electron chi connectivity index (χ1n) is 8.54. The van der Waals surface area contributed by atoms with Crippen LogP contribution < -0.4 is 9.47 Å². The van der Waals surface area contributed by atoms with Crippen LogP contribution in [-0.4, -0.2) is 56.1 Å². The SMILES string of the molecule is COc1ccc(CC(=O)N2CCN(Cc3ccc(Cl)s3)CC2)cc1OC. The zero-order chi connectivity index (χ0) is 18.5. The molecule has 1 aliphatic heterocycles. The van der Waals surface area contributed by atoms with E-state index in [9.17, 15) is 4.79 Å². The molecule has 140 valence electrons. The Morgan fingerprint density at radius 2 is 1.81 bits per heavy atom. The summed E-state index contributed by atoms with van der Waals surface area (Å²) < 4.78 is 11.4. The van der Waals surface area contributed by atoms with E-state index < -0.39 is 0 Å². The highest BCUT2D eigenvalue weighted by molar-refractivity contribution is 7.16. The van der Waals surface area contributed by atoms with E-state index in [4.69, 9.17) is 21.1 Å².